The molecular formula is C21H31IN4OS. The smallest absolute Gasteiger partial charge is 0.193 e. The number of benzene rings is 1. The first-order valence-electron chi connectivity index (χ1n) is 9.69. The molecule has 0 amide bonds. The summed E-state index contributed by atoms with van der Waals surface area (Å²) in [6.07, 6.45) is 3.11. The predicted octanol–water partition coefficient (Wildman–Crippen LogP) is 4.25. The number of nitrogens with zero attached hydrogens (tertiary/aromatic N) is 3. The van der Waals surface area contributed by atoms with Crippen molar-refractivity contribution < 1.29 is 4.74 Å². The Kier molecular flexibility index (Phi) is 9.01. The van der Waals surface area contributed by atoms with Crippen molar-refractivity contribution in [3.8, 4) is 5.75 Å². The first-order chi connectivity index (χ1) is 13.1. The van der Waals surface area contributed by atoms with Gasteiger partial charge in [0.15, 0.2) is 5.96 Å². The van der Waals surface area contributed by atoms with E-state index < -0.39 is 0 Å². The van der Waals surface area contributed by atoms with E-state index in [0.29, 0.717) is 5.92 Å². The van der Waals surface area contributed by atoms with Crippen LogP contribution in [-0.2, 0) is 12.8 Å². The molecule has 1 aliphatic rings. The number of halogens is 1. The van der Waals surface area contributed by atoms with Crippen molar-refractivity contribution in [2.75, 3.05) is 33.8 Å². The lowest BCUT2D eigenvalue weighted by Gasteiger charge is -2.21. The molecule has 0 aliphatic carbocycles. The highest BCUT2D eigenvalue weighted by molar-refractivity contribution is 14.0. The van der Waals surface area contributed by atoms with Gasteiger partial charge in [0, 0.05) is 43.9 Å². The molecule has 1 unspecified atom stereocenters. The number of thiazole rings is 1. The average molecular weight is 514 g/mol. The fourth-order valence-electron chi connectivity index (χ4n) is 3.64. The van der Waals surface area contributed by atoms with Crippen LogP contribution < -0.4 is 10.1 Å². The van der Waals surface area contributed by atoms with Gasteiger partial charge in [-0.1, -0.05) is 19.1 Å². The lowest BCUT2D eigenvalue weighted by atomic mass is 9.98. The van der Waals surface area contributed by atoms with Crippen LogP contribution in [0.5, 0.6) is 5.75 Å². The number of ether oxygens (including phenoxy) is 1. The molecule has 1 atom stereocenters. The van der Waals surface area contributed by atoms with E-state index in [0.717, 1.165) is 50.6 Å². The average Bonchev–Trinajstić information content (AvgIpc) is 3.32. The van der Waals surface area contributed by atoms with Crippen LogP contribution in [0.25, 0.3) is 0 Å². The molecule has 0 radical (unpaired) electrons. The summed E-state index contributed by atoms with van der Waals surface area (Å²) in [4.78, 5) is 12.9. The summed E-state index contributed by atoms with van der Waals surface area (Å²) in [6.45, 7) is 7.23. The number of methoxy groups -OCH3 is 1. The van der Waals surface area contributed by atoms with E-state index in [4.69, 9.17) is 9.72 Å². The van der Waals surface area contributed by atoms with Crippen LogP contribution in [0.3, 0.4) is 0 Å². The van der Waals surface area contributed by atoms with E-state index in [9.17, 15) is 0 Å². The molecule has 1 aliphatic heterocycles. The molecule has 0 spiro atoms. The summed E-state index contributed by atoms with van der Waals surface area (Å²) in [7, 11) is 3.57. The van der Waals surface area contributed by atoms with Gasteiger partial charge in [-0.05, 0) is 37.5 Å². The van der Waals surface area contributed by atoms with Gasteiger partial charge in [-0.25, -0.2) is 4.98 Å². The number of aryl methyl sites for hydroxylation is 2. The summed E-state index contributed by atoms with van der Waals surface area (Å²) in [5, 5.41) is 4.73. The first kappa shape index (κ1) is 22.9. The van der Waals surface area contributed by atoms with Gasteiger partial charge in [0.2, 0.25) is 0 Å². The second kappa shape index (κ2) is 11.0. The van der Waals surface area contributed by atoms with Crippen molar-refractivity contribution in [3.05, 3.63) is 45.4 Å². The van der Waals surface area contributed by atoms with Crippen molar-refractivity contribution >= 4 is 41.3 Å². The molecule has 1 N–H and O–H groups in total. The summed E-state index contributed by atoms with van der Waals surface area (Å²) >= 11 is 1.82. The fourth-order valence-corrected chi connectivity index (χ4v) is 4.66. The molecule has 2 heterocycles. The minimum atomic E-state index is 0. The highest BCUT2D eigenvalue weighted by atomic mass is 127. The zero-order valence-corrected chi connectivity index (χ0v) is 20.3. The zero-order valence-electron chi connectivity index (χ0n) is 17.2. The van der Waals surface area contributed by atoms with Gasteiger partial charge in [0.1, 0.15) is 5.75 Å². The van der Waals surface area contributed by atoms with Crippen LogP contribution in [0.15, 0.2) is 29.3 Å². The molecule has 1 fully saturated rings. The molecule has 2 aromatic rings. The molecule has 0 saturated carbocycles. The number of aliphatic imine (C=N–C) groups is 1. The van der Waals surface area contributed by atoms with Gasteiger partial charge in [-0.2, -0.15) is 0 Å². The number of likely N-dealkylation sites (tertiary alicyclic amines) is 1. The van der Waals surface area contributed by atoms with Crippen molar-refractivity contribution in [2.24, 2.45) is 4.99 Å². The number of rotatable bonds is 6. The van der Waals surface area contributed by atoms with Gasteiger partial charge in [-0.15, -0.1) is 35.3 Å². The number of hydrogen-bond donors (Lipinski definition) is 1. The lowest BCUT2D eigenvalue weighted by molar-refractivity contribution is 0.414. The van der Waals surface area contributed by atoms with Crippen LogP contribution in [0.4, 0.5) is 0 Å². The summed E-state index contributed by atoms with van der Waals surface area (Å²) in [5.41, 5.74) is 2.61. The highest BCUT2D eigenvalue weighted by Gasteiger charge is 2.26. The van der Waals surface area contributed by atoms with E-state index in [-0.39, 0.29) is 24.0 Å². The van der Waals surface area contributed by atoms with Crippen molar-refractivity contribution in [1.82, 2.24) is 15.2 Å². The maximum Gasteiger partial charge on any atom is 0.193 e. The van der Waals surface area contributed by atoms with Crippen LogP contribution in [0.1, 0.15) is 40.4 Å². The summed E-state index contributed by atoms with van der Waals surface area (Å²) in [5.74, 6) is 2.45. The van der Waals surface area contributed by atoms with Crippen LogP contribution in [0, 0.1) is 6.92 Å². The normalized spacial score (nSPS) is 16.8. The Balaban J connectivity index is 0.00000280. The quantitative estimate of drug-likeness (QED) is 0.356. The molecular weight excluding hydrogens is 483 g/mol. The third-order valence-electron chi connectivity index (χ3n) is 5.18. The number of nitrogens with one attached hydrogen (secondary N) is 1. The molecule has 1 saturated heterocycles. The van der Waals surface area contributed by atoms with Crippen LogP contribution in [0.2, 0.25) is 0 Å². The molecule has 7 heteroatoms. The van der Waals surface area contributed by atoms with Crippen molar-refractivity contribution in [2.45, 2.75) is 39.0 Å². The Hall–Kier alpha value is -1.35. The fraction of sp³-hybridized carbons (Fsp3) is 0.524. The Bertz CT molecular complexity index is 775. The SMILES string of the molecule is CCc1nc(CCNC(=NC)N2CCC(c3ccc(OC)cc3)C2)sc1C.I. The van der Waals surface area contributed by atoms with Gasteiger partial charge in [0.25, 0.3) is 0 Å². The third kappa shape index (κ3) is 5.59. The molecule has 154 valence electrons. The van der Waals surface area contributed by atoms with Gasteiger partial charge >= 0.3 is 0 Å². The standard InChI is InChI=1S/C21H30N4OS.HI/c1-5-19-15(2)27-20(24-19)10-12-23-21(22-3)25-13-11-17(14-25)16-6-8-18(26-4)9-7-16;/h6-9,17H,5,10-14H2,1-4H3,(H,22,23);1H. The Morgan fingerprint density at radius 2 is 2.11 bits per heavy atom. The van der Waals surface area contributed by atoms with Crippen LogP contribution >= 0.6 is 35.3 Å². The van der Waals surface area contributed by atoms with Crippen molar-refractivity contribution in [3.63, 3.8) is 0 Å². The number of guanidine groups is 1. The van der Waals surface area contributed by atoms with E-state index in [2.05, 4.69) is 41.2 Å². The molecule has 5 nitrogen and oxygen atoms in total. The number of hydrogen-bond acceptors (Lipinski definition) is 4. The maximum absolute atomic E-state index is 5.26. The predicted molar refractivity (Wildman–Crippen MR) is 129 cm³/mol. The highest BCUT2D eigenvalue weighted by Crippen LogP contribution is 2.28. The Morgan fingerprint density at radius 3 is 2.71 bits per heavy atom. The maximum atomic E-state index is 5.26. The van der Waals surface area contributed by atoms with E-state index >= 15 is 0 Å². The Morgan fingerprint density at radius 1 is 1.36 bits per heavy atom. The minimum Gasteiger partial charge on any atom is -0.497 e. The van der Waals surface area contributed by atoms with Gasteiger partial charge in [-0.3, -0.25) is 4.99 Å². The zero-order chi connectivity index (χ0) is 19.2. The van der Waals surface area contributed by atoms with E-state index in [1.165, 1.54) is 21.1 Å². The molecule has 28 heavy (non-hydrogen) atoms. The summed E-state index contributed by atoms with van der Waals surface area (Å²) in [6, 6.07) is 8.45. The molecule has 3 rings (SSSR count). The second-order valence-corrected chi connectivity index (χ2v) is 8.18. The third-order valence-corrected chi connectivity index (χ3v) is 6.25. The molecule has 1 aromatic carbocycles. The second-order valence-electron chi connectivity index (χ2n) is 6.89. The summed E-state index contributed by atoms with van der Waals surface area (Å²) < 4.78 is 5.26. The Labute approximate surface area is 189 Å². The van der Waals surface area contributed by atoms with Crippen LogP contribution in [-0.4, -0.2) is 49.6 Å². The number of aromatic nitrogens is 1. The minimum absolute atomic E-state index is 0. The lowest BCUT2D eigenvalue weighted by Crippen LogP contribution is -2.40. The topological polar surface area (TPSA) is 49.8 Å². The molecule has 0 bridgehead atoms. The van der Waals surface area contributed by atoms with E-state index in [1.807, 2.05) is 30.5 Å². The molecule has 1 aromatic heterocycles. The first-order valence-corrected chi connectivity index (χ1v) is 10.5. The van der Waals surface area contributed by atoms with E-state index in [1.54, 1.807) is 7.11 Å². The van der Waals surface area contributed by atoms with Gasteiger partial charge in [0.05, 0.1) is 17.8 Å². The van der Waals surface area contributed by atoms with Gasteiger partial charge < -0.3 is 15.0 Å². The largest absolute Gasteiger partial charge is 0.497 e. The monoisotopic (exact) mass is 514 g/mol. The van der Waals surface area contributed by atoms with Crippen molar-refractivity contribution in [1.29, 1.82) is 0 Å².